The lowest BCUT2D eigenvalue weighted by Crippen LogP contribution is -2.49. The van der Waals surface area contributed by atoms with Gasteiger partial charge in [0.2, 0.25) is 21.8 Å². The van der Waals surface area contributed by atoms with Gasteiger partial charge in [0.1, 0.15) is 6.04 Å². The number of carbonyl (C=O) groups excluding carboxylic acids is 2. The molecule has 2 amide bonds. The van der Waals surface area contributed by atoms with Crippen LogP contribution in [0.2, 0.25) is 0 Å². The fourth-order valence-corrected chi connectivity index (χ4v) is 3.76. The minimum Gasteiger partial charge on any atom is -0.352 e. The third-order valence-corrected chi connectivity index (χ3v) is 5.85. The summed E-state index contributed by atoms with van der Waals surface area (Å²) in [6.07, 6.45) is 3.70. The Bertz CT molecular complexity index is 1000. The summed E-state index contributed by atoms with van der Waals surface area (Å²) in [6, 6.07) is 18.0. The Balaban J connectivity index is 1.50. The monoisotopic (exact) mass is 441 g/mol. The van der Waals surface area contributed by atoms with Gasteiger partial charge < -0.3 is 10.6 Å². The molecule has 2 aromatic carbocycles. The van der Waals surface area contributed by atoms with E-state index in [1.54, 1.807) is 12.1 Å². The maximum atomic E-state index is 12.5. The molecule has 7 nitrogen and oxygen atoms in total. The van der Waals surface area contributed by atoms with Crippen LogP contribution in [0.3, 0.4) is 0 Å². The van der Waals surface area contributed by atoms with Crippen molar-refractivity contribution in [3.63, 3.8) is 0 Å². The summed E-state index contributed by atoms with van der Waals surface area (Å²) >= 11 is 0. The van der Waals surface area contributed by atoms with E-state index in [9.17, 15) is 18.0 Å². The minimum atomic E-state index is -3.67. The van der Waals surface area contributed by atoms with E-state index in [2.05, 4.69) is 15.4 Å². The molecule has 0 aliphatic heterocycles. The molecule has 8 heteroatoms. The number of sulfonamides is 1. The van der Waals surface area contributed by atoms with Crippen molar-refractivity contribution < 1.29 is 18.0 Å². The first-order valence-corrected chi connectivity index (χ1v) is 11.8. The van der Waals surface area contributed by atoms with Crippen LogP contribution < -0.4 is 15.4 Å². The number of nitrogens with one attached hydrogen (secondary N) is 3. The number of hydrogen-bond acceptors (Lipinski definition) is 4. The predicted octanol–water partition coefficient (Wildman–Crippen LogP) is 1.97. The second-order valence-electron chi connectivity index (χ2n) is 7.50. The second kappa shape index (κ2) is 10.9. The molecule has 1 saturated carbocycles. The van der Waals surface area contributed by atoms with Gasteiger partial charge in [0.05, 0.1) is 0 Å². The molecular formula is C23H27N3O4S. The van der Waals surface area contributed by atoms with Gasteiger partial charge >= 0.3 is 0 Å². The molecule has 0 aromatic heterocycles. The number of carbonyl (C=O) groups is 2. The van der Waals surface area contributed by atoms with Gasteiger partial charge in [-0.3, -0.25) is 9.59 Å². The highest BCUT2D eigenvalue weighted by molar-refractivity contribution is 7.92. The van der Waals surface area contributed by atoms with Crippen molar-refractivity contribution in [1.29, 1.82) is 0 Å². The summed E-state index contributed by atoms with van der Waals surface area (Å²) < 4.78 is 26.6. The van der Waals surface area contributed by atoms with Gasteiger partial charge in [0.15, 0.2) is 0 Å². The highest BCUT2D eigenvalue weighted by Gasteiger charge is 2.28. The molecule has 0 spiro atoms. The van der Waals surface area contributed by atoms with Crippen molar-refractivity contribution >= 4 is 27.9 Å². The molecule has 0 saturated heterocycles. The number of hydrogen-bond donors (Lipinski definition) is 3. The summed E-state index contributed by atoms with van der Waals surface area (Å²) in [5.74, 6) is -0.604. The molecule has 2 aromatic rings. The third kappa shape index (κ3) is 8.35. The SMILES string of the molecule is O=C(CCNS(=O)(=O)/C=C/c1ccccc1)NC(Cc1ccccc1)C(=O)NC1CC1. The lowest BCUT2D eigenvalue weighted by Gasteiger charge is -2.18. The Labute approximate surface area is 183 Å². The summed E-state index contributed by atoms with van der Waals surface area (Å²) in [4.78, 5) is 24.9. The van der Waals surface area contributed by atoms with Crippen LogP contribution in [0.25, 0.3) is 6.08 Å². The van der Waals surface area contributed by atoms with Gasteiger partial charge in [-0.1, -0.05) is 60.7 Å². The molecule has 1 atom stereocenters. The molecule has 31 heavy (non-hydrogen) atoms. The van der Waals surface area contributed by atoms with E-state index in [-0.39, 0.29) is 30.8 Å². The normalized spacial score (nSPS) is 14.8. The molecule has 1 aliphatic carbocycles. The number of benzene rings is 2. The van der Waals surface area contributed by atoms with Gasteiger partial charge in [-0.2, -0.15) is 0 Å². The Morgan fingerprint density at radius 2 is 1.65 bits per heavy atom. The molecule has 0 bridgehead atoms. The van der Waals surface area contributed by atoms with Gasteiger partial charge in [-0.25, -0.2) is 13.1 Å². The van der Waals surface area contributed by atoms with Crippen LogP contribution in [0.1, 0.15) is 30.4 Å². The van der Waals surface area contributed by atoms with Crippen LogP contribution >= 0.6 is 0 Å². The Morgan fingerprint density at radius 1 is 1.00 bits per heavy atom. The van der Waals surface area contributed by atoms with Crippen molar-refractivity contribution in [3.05, 3.63) is 77.2 Å². The molecule has 1 fully saturated rings. The molecule has 164 valence electrons. The molecule has 0 heterocycles. The van der Waals surface area contributed by atoms with Crippen molar-refractivity contribution in [2.45, 2.75) is 37.8 Å². The van der Waals surface area contributed by atoms with Crippen molar-refractivity contribution in [2.24, 2.45) is 0 Å². The zero-order valence-corrected chi connectivity index (χ0v) is 18.0. The predicted molar refractivity (Wildman–Crippen MR) is 120 cm³/mol. The molecule has 0 radical (unpaired) electrons. The van der Waals surface area contributed by atoms with Crippen molar-refractivity contribution in [1.82, 2.24) is 15.4 Å². The van der Waals surface area contributed by atoms with Gasteiger partial charge in [0.25, 0.3) is 0 Å². The first-order chi connectivity index (χ1) is 14.9. The van der Waals surface area contributed by atoms with Crippen LogP contribution in [0.4, 0.5) is 0 Å². The molecule has 1 aliphatic rings. The topological polar surface area (TPSA) is 104 Å². The fraction of sp³-hybridized carbons (Fsp3) is 0.304. The third-order valence-electron chi connectivity index (χ3n) is 4.75. The molecular weight excluding hydrogens is 414 g/mol. The zero-order valence-electron chi connectivity index (χ0n) is 17.2. The zero-order chi connectivity index (χ0) is 22.1. The number of amides is 2. The minimum absolute atomic E-state index is 0.0599. The highest BCUT2D eigenvalue weighted by Crippen LogP contribution is 2.19. The lowest BCUT2D eigenvalue weighted by atomic mass is 10.0. The first-order valence-electron chi connectivity index (χ1n) is 10.3. The van der Waals surface area contributed by atoms with E-state index < -0.39 is 16.1 Å². The van der Waals surface area contributed by atoms with E-state index in [1.807, 2.05) is 48.5 Å². The number of rotatable bonds is 11. The summed E-state index contributed by atoms with van der Waals surface area (Å²) in [5, 5.41) is 6.73. The van der Waals surface area contributed by atoms with Crippen LogP contribution in [0.15, 0.2) is 66.1 Å². The summed E-state index contributed by atoms with van der Waals surface area (Å²) in [6.45, 7) is -0.0599. The molecule has 1 unspecified atom stereocenters. The van der Waals surface area contributed by atoms with Crippen LogP contribution in [-0.4, -0.2) is 38.9 Å². The van der Waals surface area contributed by atoms with Gasteiger partial charge in [-0.15, -0.1) is 0 Å². The quantitative estimate of drug-likeness (QED) is 0.496. The van der Waals surface area contributed by atoms with E-state index in [0.29, 0.717) is 6.42 Å². The van der Waals surface area contributed by atoms with Crippen molar-refractivity contribution in [3.8, 4) is 0 Å². The van der Waals surface area contributed by atoms with Crippen LogP contribution in [0, 0.1) is 0 Å². The maximum Gasteiger partial charge on any atom is 0.243 e. The van der Waals surface area contributed by atoms with Crippen LogP contribution in [0.5, 0.6) is 0 Å². The standard InChI is InChI=1S/C23H27N3O4S/c27-22(13-15-24-31(29,30)16-14-18-7-3-1-4-8-18)26-21(23(28)25-20-11-12-20)17-19-9-5-2-6-10-19/h1-10,14,16,20-21,24H,11-13,15,17H2,(H,25,28)(H,26,27)/b16-14+. The largest absolute Gasteiger partial charge is 0.352 e. The lowest BCUT2D eigenvalue weighted by molar-refractivity contribution is -0.129. The van der Waals surface area contributed by atoms with E-state index in [1.165, 1.54) is 6.08 Å². The average molecular weight is 442 g/mol. The maximum absolute atomic E-state index is 12.5. The Morgan fingerprint density at radius 3 is 2.29 bits per heavy atom. The molecule has 3 N–H and O–H groups in total. The Kier molecular flexibility index (Phi) is 7.97. The first kappa shape index (κ1) is 22.7. The Hall–Kier alpha value is -2.97. The van der Waals surface area contributed by atoms with Gasteiger partial charge in [-0.05, 0) is 30.0 Å². The van der Waals surface area contributed by atoms with Crippen LogP contribution in [-0.2, 0) is 26.0 Å². The smallest absolute Gasteiger partial charge is 0.243 e. The van der Waals surface area contributed by atoms with E-state index in [4.69, 9.17) is 0 Å². The van der Waals surface area contributed by atoms with Gasteiger partial charge in [0, 0.05) is 30.8 Å². The van der Waals surface area contributed by atoms with E-state index in [0.717, 1.165) is 29.4 Å². The second-order valence-corrected chi connectivity index (χ2v) is 9.15. The van der Waals surface area contributed by atoms with Crippen molar-refractivity contribution in [2.75, 3.05) is 6.54 Å². The fourth-order valence-electron chi connectivity index (χ4n) is 2.94. The summed E-state index contributed by atoms with van der Waals surface area (Å²) in [7, 11) is -3.67. The summed E-state index contributed by atoms with van der Waals surface area (Å²) in [5.41, 5.74) is 1.70. The van der Waals surface area contributed by atoms with E-state index >= 15 is 0 Å². The highest BCUT2D eigenvalue weighted by atomic mass is 32.2. The molecule has 3 rings (SSSR count). The average Bonchev–Trinajstić information content (AvgIpc) is 3.57.